The number of phenolic OH excluding ortho intramolecular Hbond substituents is 1. The van der Waals surface area contributed by atoms with Crippen LogP contribution in [0.2, 0.25) is 0 Å². The van der Waals surface area contributed by atoms with Gasteiger partial charge >= 0.3 is 11.9 Å². The van der Waals surface area contributed by atoms with E-state index in [-0.39, 0.29) is 25.0 Å². The zero-order valence-corrected chi connectivity index (χ0v) is 17.4. The van der Waals surface area contributed by atoms with Gasteiger partial charge in [-0.05, 0) is 48.1 Å². The van der Waals surface area contributed by atoms with Crippen LogP contribution in [0.5, 0.6) is 5.75 Å². The van der Waals surface area contributed by atoms with E-state index < -0.39 is 29.7 Å². The third kappa shape index (κ3) is 6.06. The Morgan fingerprint density at radius 2 is 1.74 bits per heavy atom. The minimum atomic E-state index is -2.13. The molecule has 0 bridgehead atoms. The highest BCUT2D eigenvalue weighted by Crippen LogP contribution is 2.37. The molecule has 8 nitrogen and oxygen atoms in total. The zero-order chi connectivity index (χ0) is 22.4. The van der Waals surface area contributed by atoms with E-state index in [1.165, 1.54) is 18.9 Å². The highest BCUT2D eigenvalue weighted by Gasteiger charge is 2.47. The van der Waals surface area contributed by atoms with Crippen LogP contribution in [0.3, 0.4) is 0 Å². The number of rotatable bonds is 6. The molecule has 1 aromatic rings. The summed E-state index contributed by atoms with van der Waals surface area (Å²) in [7, 11) is 0. The van der Waals surface area contributed by atoms with Crippen molar-refractivity contribution in [2.24, 2.45) is 0 Å². The smallest absolute Gasteiger partial charge is 0.335 e. The molecule has 0 heterocycles. The number of esters is 1. The average molecular weight is 434 g/mol. The van der Waals surface area contributed by atoms with Gasteiger partial charge in [-0.1, -0.05) is 31.7 Å². The molecule has 0 amide bonds. The summed E-state index contributed by atoms with van der Waals surface area (Å²) in [5, 5.41) is 38.6. The van der Waals surface area contributed by atoms with Crippen LogP contribution in [-0.2, 0) is 19.2 Å². The van der Waals surface area contributed by atoms with Crippen molar-refractivity contribution in [3.05, 3.63) is 35.4 Å². The molecule has 4 N–H and O–H groups in total. The Balaban J connectivity index is 1.65. The number of benzene rings is 1. The van der Waals surface area contributed by atoms with Crippen molar-refractivity contribution in [1.29, 1.82) is 0 Å². The van der Waals surface area contributed by atoms with Gasteiger partial charge in [0.05, 0.1) is 6.10 Å². The van der Waals surface area contributed by atoms with E-state index in [0.717, 1.165) is 36.8 Å². The van der Waals surface area contributed by atoms with Crippen LogP contribution in [0.1, 0.15) is 74.8 Å². The van der Waals surface area contributed by atoms with Crippen molar-refractivity contribution in [1.82, 2.24) is 0 Å². The van der Waals surface area contributed by atoms with Gasteiger partial charge in [-0.25, -0.2) is 14.5 Å². The van der Waals surface area contributed by atoms with Crippen LogP contribution in [0, 0.1) is 0 Å². The van der Waals surface area contributed by atoms with Crippen LogP contribution in [0.15, 0.2) is 24.3 Å². The molecule has 170 valence electrons. The summed E-state index contributed by atoms with van der Waals surface area (Å²) >= 11 is 0. The van der Waals surface area contributed by atoms with E-state index in [2.05, 4.69) is 4.89 Å². The predicted molar refractivity (Wildman–Crippen MR) is 111 cm³/mol. The molecule has 0 aliphatic heterocycles. The van der Waals surface area contributed by atoms with Gasteiger partial charge in [-0.15, -0.1) is 0 Å². The first-order valence-corrected chi connectivity index (χ1v) is 10.8. The molecule has 3 unspecified atom stereocenters. The van der Waals surface area contributed by atoms with E-state index in [1.54, 1.807) is 18.2 Å². The molecule has 8 heteroatoms. The predicted octanol–water partition coefficient (Wildman–Crippen LogP) is 3.61. The molecule has 0 aromatic heterocycles. The van der Waals surface area contributed by atoms with E-state index in [9.17, 15) is 24.9 Å². The topological polar surface area (TPSA) is 134 Å². The highest BCUT2D eigenvalue weighted by atomic mass is 17.1. The second-order valence-electron chi connectivity index (χ2n) is 8.61. The van der Waals surface area contributed by atoms with Gasteiger partial charge in [0.1, 0.15) is 11.9 Å². The van der Waals surface area contributed by atoms with Crippen molar-refractivity contribution >= 4 is 18.0 Å². The third-order valence-corrected chi connectivity index (χ3v) is 6.24. The molecule has 0 spiro atoms. The molecule has 2 saturated carbocycles. The van der Waals surface area contributed by atoms with Crippen molar-refractivity contribution in [3.8, 4) is 5.75 Å². The molecular weight excluding hydrogens is 404 g/mol. The van der Waals surface area contributed by atoms with Crippen LogP contribution in [-0.4, -0.2) is 50.3 Å². The number of hydrogen-bond acceptors (Lipinski definition) is 7. The number of aromatic hydroxyl groups is 1. The van der Waals surface area contributed by atoms with Crippen LogP contribution in [0.25, 0.3) is 6.08 Å². The Bertz CT molecular complexity index is 812. The van der Waals surface area contributed by atoms with Gasteiger partial charge in [-0.2, -0.15) is 0 Å². The molecule has 1 aromatic carbocycles. The number of phenols is 1. The maximum Gasteiger partial charge on any atom is 0.335 e. The number of hydrogen-bond donors (Lipinski definition) is 4. The summed E-state index contributed by atoms with van der Waals surface area (Å²) in [5.74, 6) is -1.59. The first-order chi connectivity index (χ1) is 14.8. The number of carbonyl (C=O) groups is 2. The molecule has 3 atom stereocenters. The minimum absolute atomic E-state index is 0.0801. The Morgan fingerprint density at radius 3 is 2.39 bits per heavy atom. The van der Waals surface area contributed by atoms with Crippen molar-refractivity contribution in [3.63, 3.8) is 0 Å². The number of ether oxygens (including phenoxy) is 1. The lowest BCUT2D eigenvalue weighted by atomic mass is 9.81. The SMILES string of the molecule is O=C(C=Cc1ccc(O)c(C2CCCCCC2)c1)OC1CC(OO)CC(O)(C(=O)O)C1. The molecule has 2 aliphatic rings. The second kappa shape index (κ2) is 10.3. The number of aliphatic hydroxyl groups is 1. The Kier molecular flexibility index (Phi) is 7.69. The minimum Gasteiger partial charge on any atom is -0.508 e. The first-order valence-electron chi connectivity index (χ1n) is 10.8. The maximum absolute atomic E-state index is 12.3. The van der Waals surface area contributed by atoms with Gasteiger partial charge in [-0.3, -0.25) is 5.26 Å². The summed E-state index contributed by atoms with van der Waals surface area (Å²) in [6.07, 6.45) is 7.21. The molecule has 2 aliphatic carbocycles. The molecule has 0 radical (unpaired) electrons. The molecule has 3 rings (SSSR count). The standard InChI is InChI=1S/C23H30O8/c24-20-9-7-15(11-19(20)16-5-3-1-2-4-6-16)8-10-21(25)30-17-12-18(31-29)14-23(28,13-17)22(26)27/h7-11,16-18,24,28-29H,1-6,12-14H2,(H,26,27). The Morgan fingerprint density at radius 1 is 1.06 bits per heavy atom. The van der Waals surface area contributed by atoms with Crippen LogP contribution in [0.4, 0.5) is 0 Å². The summed E-state index contributed by atoms with van der Waals surface area (Å²) < 4.78 is 5.29. The number of carbonyl (C=O) groups excluding carboxylic acids is 1. The number of aliphatic carboxylic acids is 1. The fraction of sp³-hybridized carbons (Fsp3) is 0.565. The van der Waals surface area contributed by atoms with E-state index in [4.69, 9.17) is 9.99 Å². The van der Waals surface area contributed by atoms with Gasteiger partial charge < -0.3 is 20.1 Å². The van der Waals surface area contributed by atoms with E-state index in [1.807, 2.05) is 6.07 Å². The number of carboxylic acid groups (broad SMARTS) is 1. The Labute approximate surface area is 181 Å². The lowest BCUT2D eigenvalue weighted by Crippen LogP contribution is -2.50. The fourth-order valence-corrected chi connectivity index (χ4v) is 4.60. The summed E-state index contributed by atoms with van der Waals surface area (Å²) in [4.78, 5) is 27.8. The lowest BCUT2D eigenvalue weighted by Gasteiger charge is -2.36. The van der Waals surface area contributed by atoms with E-state index in [0.29, 0.717) is 5.92 Å². The largest absolute Gasteiger partial charge is 0.508 e. The quantitative estimate of drug-likeness (QED) is 0.175. The second-order valence-corrected chi connectivity index (χ2v) is 8.61. The summed E-state index contributed by atoms with van der Waals surface area (Å²) in [6.45, 7) is 0. The normalized spacial score (nSPS) is 27.7. The van der Waals surface area contributed by atoms with Gasteiger partial charge in [0.2, 0.25) is 0 Å². The van der Waals surface area contributed by atoms with Crippen LogP contribution < -0.4 is 0 Å². The van der Waals surface area contributed by atoms with Crippen LogP contribution >= 0.6 is 0 Å². The van der Waals surface area contributed by atoms with Gasteiger partial charge in [0.25, 0.3) is 0 Å². The monoisotopic (exact) mass is 434 g/mol. The third-order valence-electron chi connectivity index (χ3n) is 6.24. The highest BCUT2D eigenvalue weighted by molar-refractivity contribution is 5.87. The van der Waals surface area contributed by atoms with Crippen molar-refractivity contribution < 1.29 is 39.8 Å². The maximum atomic E-state index is 12.3. The van der Waals surface area contributed by atoms with Crippen molar-refractivity contribution in [2.45, 2.75) is 81.5 Å². The fourth-order valence-electron chi connectivity index (χ4n) is 4.60. The summed E-state index contributed by atoms with van der Waals surface area (Å²) in [6, 6.07) is 5.22. The average Bonchev–Trinajstić information content (AvgIpc) is 3.02. The Hall–Kier alpha value is -2.42. The molecule has 0 saturated heterocycles. The molecule has 2 fully saturated rings. The van der Waals surface area contributed by atoms with E-state index >= 15 is 0 Å². The van der Waals surface area contributed by atoms with Crippen molar-refractivity contribution in [2.75, 3.05) is 0 Å². The first kappa shape index (κ1) is 23.2. The number of carboxylic acids is 1. The zero-order valence-electron chi connectivity index (χ0n) is 17.4. The van der Waals surface area contributed by atoms with Gasteiger partial charge in [0, 0.05) is 25.3 Å². The molecular formula is C23H30O8. The van der Waals surface area contributed by atoms with Gasteiger partial charge in [0.15, 0.2) is 5.60 Å². The molecule has 31 heavy (non-hydrogen) atoms. The summed E-state index contributed by atoms with van der Waals surface area (Å²) in [5.41, 5.74) is -0.499. The lowest BCUT2D eigenvalue weighted by molar-refractivity contribution is -0.299.